The van der Waals surface area contributed by atoms with E-state index in [9.17, 15) is 0 Å². The minimum absolute atomic E-state index is 0.262. The minimum atomic E-state index is 0.262. The van der Waals surface area contributed by atoms with Crippen molar-refractivity contribution in [1.29, 1.82) is 0 Å². The Morgan fingerprint density at radius 3 is 2.07 bits per heavy atom. The highest BCUT2D eigenvalue weighted by atomic mass is 15.1. The van der Waals surface area contributed by atoms with E-state index in [1.54, 1.807) is 0 Å². The van der Waals surface area contributed by atoms with Crippen LogP contribution in [0.4, 0.5) is 0 Å². The van der Waals surface area contributed by atoms with Gasteiger partial charge in [0, 0.05) is 24.7 Å². The molecule has 1 fully saturated rings. The lowest BCUT2D eigenvalue weighted by Gasteiger charge is -2.56. The van der Waals surface area contributed by atoms with Gasteiger partial charge in [-0.05, 0) is 25.2 Å². The molecule has 1 aliphatic rings. The number of likely N-dealkylation sites (tertiary alicyclic amines) is 1. The van der Waals surface area contributed by atoms with Gasteiger partial charge in [-0.2, -0.15) is 0 Å². The Morgan fingerprint density at radius 1 is 1.20 bits per heavy atom. The molecule has 1 heterocycles. The summed E-state index contributed by atoms with van der Waals surface area (Å²) in [4.78, 5) is 2.45. The third-order valence-corrected chi connectivity index (χ3v) is 4.84. The van der Waals surface area contributed by atoms with Gasteiger partial charge in [0.05, 0.1) is 0 Å². The van der Waals surface area contributed by atoms with E-state index >= 15 is 0 Å². The monoisotopic (exact) mass is 209 g/mol. The van der Waals surface area contributed by atoms with E-state index in [4.69, 9.17) is 0 Å². The first kappa shape index (κ1) is 12.6. The van der Waals surface area contributed by atoms with Gasteiger partial charge < -0.3 is 4.90 Å². The van der Waals surface area contributed by atoms with Gasteiger partial charge in [0.1, 0.15) is 0 Å². The van der Waals surface area contributed by atoms with Crippen molar-refractivity contribution in [2.75, 3.05) is 13.6 Å². The minimum Gasteiger partial charge on any atom is -0.377 e. The van der Waals surface area contributed by atoms with Crippen LogP contribution in [0.15, 0.2) is 11.3 Å². The Morgan fingerprint density at radius 2 is 1.67 bits per heavy atom. The fraction of sp³-hybridized carbons (Fsp3) is 0.857. The summed E-state index contributed by atoms with van der Waals surface area (Å²) < 4.78 is 0. The van der Waals surface area contributed by atoms with Gasteiger partial charge in [0.2, 0.25) is 0 Å². The van der Waals surface area contributed by atoms with Crippen LogP contribution in [0, 0.1) is 16.7 Å². The van der Waals surface area contributed by atoms with E-state index in [2.05, 4.69) is 60.4 Å². The highest BCUT2D eigenvalue weighted by molar-refractivity contribution is 5.23. The number of hydrogen-bond donors (Lipinski definition) is 0. The maximum Gasteiger partial charge on any atom is 0.0203 e. The van der Waals surface area contributed by atoms with Gasteiger partial charge in [0.25, 0.3) is 0 Å². The third-order valence-electron chi connectivity index (χ3n) is 4.84. The first-order chi connectivity index (χ1) is 6.62. The van der Waals surface area contributed by atoms with Gasteiger partial charge in [0.15, 0.2) is 0 Å². The van der Waals surface area contributed by atoms with Gasteiger partial charge in [-0.1, -0.05) is 40.2 Å². The molecule has 1 saturated heterocycles. The van der Waals surface area contributed by atoms with Crippen molar-refractivity contribution in [2.45, 2.75) is 48.5 Å². The van der Waals surface area contributed by atoms with Crippen molar-refractivity contribution < 1.29 is 0 Å². The van der Waals surface area contributed by atoms with Gasteiger partial charge in [-0.25, -0.2) is 0 Å². The van der Waals surface area contributed by atoms with Crippen LogP contribution in [0.1, 0.15) is 48.5 Å². The zero-order valence-corrected chi connectivity index (χ0v) is 11.7. The van der Waals surface area contributed by atoms with Gasteiger partial charge >= 0.3 is 0 Å². The van der Waals surface area contributed by atoms with E-state index < -0.39 is 0 Å². The quantitative estimate of drug-likeness (QED) is 0.584. The summed E-state index contributed by atoms with van der Waals surface area (Å²) in [5, 5.41) is 0. The summed E-state index contributed by atoms with van der Waals surface area (Å²) in [6, 6.07) is 0. The summed E-state index contributed by atoms with van der Waals surface area (Å²) in [5.41, 5.74) is 3.62. The van der Waals surface area contributed by atoms with Crippen LogP contribution in [-0.4, -0.2) is 18.5 Å². The van der Waals surface area contributed by atoms with E-state index in [1.807, 2.05) is 0 Å². The smallest absolute Gasteiger partial charge is 0.0203 e. The fourth-order valence-electron chi connectivity index (χ4n) is 3.14. The molecule has 0 spiro atoms. The average Bonchev–Trinajstić information content (AvgIpc) is 1.99. The second-order valence-electron chi connectivity index (χ2n) is 6.48. The lowest BCUT2D eigenvalue weighted by Crippen LogP contribution is -2.52. The summed E-state index contributed by atoms with van der Waals surface area (Å²) >= 11 is 0. The number of hydrogen-bond acceptors (Lipinski definition) is 1. The molecule has 1 heteroatoms. The van der Waals surface area contributed by atoms with E-state index in [-0.39, 0.29) is 5.41 Å². The maximum absolute atomic E-state index is 2.45. The average molecular weight is 209 g/mol. The SMILES string of the molecule is CC(C)=C1N(C)CC(C)C(C)(C)C1(C)C. The third kappa shape index (κ3) is 1.70. The van der Waals surface area contributed by atoms with Crippen LogP contribution in [0.2, 0.25) is 0 Å². The van der Waals surface area contributed by atoms with E-state index in [0.29, 0.717) is 5.41 Å². The standard InChI is InChI=1S/C14H27N/c1-10(2)12-14(6,7)13(4,5)11(3)9-15(12)8/h11H,9H2,1-8H3. The van der Waals surface area contributed by atoms with Crippen LogP contribution in [0.5, 0.6) is 0 Å². The lowest BCUT2D eigenvalue weighted by atomic mass is 9.57. The number of nitrogens with zero attached hydrogens (tertiary/aromatic N) is 1. The molecule has 0 amide bonds. The van der Waals surface area contributed by atoms with E-state index in [1.165, 1.54) is 17.8 Å². The maximum atomic E-state index is 2.45. The van der Waals surface area contributed by atoms with Crippen LogP contribution < -0.4 is 0 Å². The zero-order chi connectivity index (χ0) is 12.0. The molecule has 0 N–H and O–H groups in total. The summed E-state index contributed by atoms with van der Waals surface area (Å²) in [5.74, 6) is 0.737. The Bertz CT molecular complexity index is 280. The second-order valence-corrected chi connectivity index (χ2v) is 6.48. The predicted octanol–water partition coefficient (Wildman–Crippen LogP) is 3.91. The molecule has 1 atom stereocenters. The summed E-state index contributed by atoms with van der Waals surface area (Å²) in [7, 11) is 2.23. The molecule has 0 aliphatic carbocycles. The van der Waals surface area contributed by atoms with Crippen molar-refractivity contribution in [3.63, 3.8) is 0 Å². The van der Waals surface area contributed by atoms with Crippen molar-refractivity contribution in [3.8, 4) is 0 Å². The summed E-state index contributed by atoms with van der Waals surface area (Å²) in [6.07, 6.45) is 0. The molecule has 88 valence electrons. The first-order valence-corrected chi connectivity index (χ1v) is 6.01. The normalized spacial score (nSPS) is 29.2. The molecule has 0 aromatic heterocycles. The molecular formula is C14H27N. The van der Waals surface area contributed by atoms with Crippen molar-refractivity contribution in [3.05, 3.63) is 11.3 Å². The fourth-order valence-corrected chi connectivity index (χ4v) is 3.14. The number of allylic oxidation sites excluding steroid dienone is 2. The van der Waals surface area contributed by atoms with Crippen molar-refractivity contribution in [1.82, 2.24) is 4.90 Å². The van der Waals surface area contributed by atoms with Crippen molar-refractivity contribution >= 4 is 0 Å². The Balaban J connectivity index is 3.28. The number of rotatable bonds is 0. The Labute approximate surface area is 95.5 Å². The Kier molecular flexibility index (Phi) is 2.97. The predicted molar refractivity (Wildman–Crippen MR) is 67.7 cm³/mol. The molecule has 1 nitrogen and oxygen atoms in total. The Hall–Kier alpha value is -0.460. The lowest BCUT2D eigenvalue weighted by molar-refractivity contribution is -0.000814. The highest BCUT2D eigenvalue weighted by Crippen LogP contribution is 2.54. The van der Waals surface area contributed by atoms with Crippen LogP contribution in [-0.2, 0) is 0 Å². The van der Waals surface area contributed by atoms with Crippen LogP contribution in [0.25, 0.3) is 0 Å². The summed E-state index contributed by atoms with van der Waals surface area (Å²) in [6.45, 7) is 17.6. The van der Waals surface area contributed by atoms with Crippen molar-refractivity contribution in [2.24, 2.45) is 16.7 Å². The molecule has 0 aromatic rings. The zero-order valence-electron chi connectivity index (χ0n) is 11.7. The second kappa shape index (κ2) is 3.54. The molecule has 15 heavy (non-hydrogen) atoms. The van der Waals surface area contributed by atoms with E-state index in [0.717, 1.165) is 5.92 Å². The molecule has 0 saturated carbocycles. The molecule has 1 unspecified atom stereocenters. The first-order valence-electron chi connectivity index (χ1n) is 6.01. The molecule has 1 aliphatic heterocycles. The molecular weight excluding hydrogens is 182 g/mol. The largest absolute Gasteiger partial charge is 0.377 e. The van der Waals surface area contributed by atoms with Gasteiger partial charge in [-0.3, -0.25) is 0 Å². The topological polar surface area (TPSA) is 3.24 Å². The highest BCUT2D eigenvalue weighted by Gasteiger charge is 2.48. The van der Waals surface area contributed by atoms with Gasteiger partial charge in [-0.15, -0.1) is 0 Å². The molecule has 0 bridgehead atoms. The molecule has 1 rings (SSSR count). The van der Waals surface area contributed by atoms with Crippen LogP contribution in [0.3, 0.4) is 0 Å². The number of piperidine rings is 1. The molecule has 0 radical (unpaired) electrons. The van der Waals surface area contributed by atoms with Crippen LogP contribution >= 0.6 is 0 Å². The molecule has 0 aromatic carbocycles.